The molecule has 0 amide bonds. The maximum absolute atomic E-state index is 10.0. The molecular formula is C9H8Ba2O10. The van der Waals surface area contributed by atoms with Gasteiger partial charge in [0.15, 0.2) is 0 Å². The Labute approximate surface area is 199 Å². The summed E-state index contributed by atoms with van der Waals surface area (Å²) in [5, 5.41) is 35.7. The van der Waals surface area contributed by atoms with Gasteiger partial charge < -0.3 is 39.6 Å². The molecule has 0 fully saturated rings. The predicted octanol–water partition coefficient (Wildman–Crippen LogP) is -7.23. The first kappa shape index (κ1) is 33.1. The van der Waals surface area contributed by atoms with Crippen molar-refractivity contribution < 1.29 is 49.2 Å². The fraction of sp³-hybridized carbons (Fsp3) is 0.333. The van der Waals surface area contributed by atoms with Gasteiger partial charge in [-0.2, -0.15) is 0 Å². The number of aliphatic carboxylic acids is 4. The van der Waals surface area contributed by atoms with Gasteiger partial charge >= 0.3 is 97.8 Å². The molecule has 10 nitrogen and oxygen atoms in total. The summed E-state index contributed by atoms with van der Waals surface area (Å²) in [5.74, 6) is -8.87. The van der Waals surface area contributed by atoms with Crippen molar-refractivity contribution in [2.24, 2.45) is 0 Å². The van der Waals surface area contributed by atoms with E-state index in [0.717, 1.165) is 0 Å². The Hall–Kier alpha value is 0.363. The SMILES string of the molecule is CC(=O)CC(C)=O.O=C([O-])C(=O)[O-].O=C([O-])C(=O)[O-].[Ba+2].[Ba+2]. The first-order chi connectivity index (χ1) is 8.41. The van der Waals surface area contributed by atoms with Gasteiger partial charge in [-0.3, -0.25) is 9.59 Å². The van der Waals surface area contributed by atoms with Gasteiger partial charge in [0.05, 0.1) is 30.3 Å². The van der Waals surface area contributed by atoms with Gasteiger partial charge in [-0.15, -0.1) is 0 Å². The molecule has 12 heteroatoms. The van der Waals surface area contributed by atoms with Crippen LogP contribution in [-0.4, -0.2) is 133 Å². The third-order valence-electron chi connectivity index (χ3n) is 0.831. The Morgan fingerprint density at radius 1 is 0.571 bits per heavy atom. The van der Waals surface area contributed by atoms with E-state index in [4.69, 9.17) is 39.6 Å². The number of carbonyl (C=O) groups is 6. The normalized spacial score (nSPS) is 6.95. The van der Waals surface area contributed by atoms with E-state index in [1.165, 1.54) is 13.8 Å². The van der Waals surface area contributed by atoms with Crippen LogP contribution in [0.3, 0.4) is 0 Å². The van der Waals surface area contributed by atoms with Crippen LogP contribution in [-0.2, 0) is 28.8 Å². The molecule has 108 valence electrons. The van der Waals surface area contributed by atoms with Crippen LogP contribution in [0.1, 0.15) is 20.3 Å². The van der Waals surface area contributed by atoms with E-state index in [1.807, 2.05) is 0 Å². The van der Waals surface area contributed by atoms with Gasteiger partial charge in [0.25, 0.3) is 0 Å². The predicted molar refractivity (Wildman–Crippen MR) is 57.5 cm³/mol. The summed E-state index contributed by atoms with van der Waals surface area (Å²) in [6, 6.07) is 0. The van der Waals surface area contributed by atoms with Crippen molar-refractivity contribution in [2.45, 2.75) is 20.3 Å². The van der Waals surface area contributed by atoms with Crippen LogP contribution in [0, 0.1) is 0 Å². The summed E-state index contributed by atoms with van der Waals surface area (Å²) >= 11 is 0. The van der Waals surface area contributed by atoms with Crippen molar-refractivity contribution in [3.8, 4) is 0 Å². The molecule has 0 N–H and O–H groups in total. The number of rotatable bonds is 2. The molecule has 0 aliphatic heterocycles. The van der Waals surface area contributed by atoms with Gasteiger partial charge in [-0.05, 0) is 13.8 Å². The minimum Gasteiger partial charge on any atom is -0.543 e. The number of ketones is 2. The average molecular weight is 551 g/mol. The molecule has 0 saturated carbocycles. The van der Waals surface area contributed by atoms with E-state index in [0.29, 0.717) is 0 Å². The Morgan fingerprint density at radius 3 is 0.714 bits per heavy atom. The second-order valence-corrected chi connectivity index (χ2v) is 2.73. The molecule has 0 aromatic rings. The summed E-state index contributed by atoms with van der Waals surface area (Å²) in [5.41, 5.74) is 0. The zero-order valence-electron chi connectivity index (χ0n) is 11.2. The minimum absolute atomic E-state index is 0. The van der Waals surface area contributed by atoms with E-state index >= 15 is 0 Å². The van der Waals surface area contributed by atoms with Crippen molar-refractivity contribution in [3.05, 3.63) is 0 Å². The topological polar surface area (TPSA) is 195 Å². The molecule has 0 heterocycles. The fourth-order valence-corrected chi connectivity index (χ4v) is 0.351. The standard InChI is InChI=1S/C5H8O2.2C2H2O4.2Ba/c1-4(6)3-5(2)7;2*3-1(4)2(5)6;;/h3H2,1-2H3;2*(H,3,4)(H,5,6);;/q;;;2*+2/p-4. The van der Waals surface area contributed by atoms with Crippen LogP contribution >= 0.6 is 0 Å². The second-order valence-electron chi connectivity index (χ2n) is 2.73. The number of Topliss-reactive ketones (excluding diaryl/α,β-unsaturated/α-hetero) is 2. The van der Waals surface area contributed by atoms with Gasteiger partial charge in [-0.25, -0.2) is 0 Å². The van der Waals surface area contributed by atoms with E-state index < -0.39 is 23.9 Å². The zero-order chi connectivity index (χ0) is 16.2. The average Bonchev–Trinajstić information content (AvgIpc) is 2.16. The zero-order valence-corrected chi connectivity index (χ0v) is 20.1. The molecule has 0 rings (SSSR count). The maximum atomic E-state index is 10.0. The van der Waals surface area contributed by atoms with Gasteiger partial charge in [0.1, 0.15) is 11.6 Å². The van der Waals surface area contributed by atoms with Crippen molar-refractivity contribution in [2.75, 3.05) is 0 Å². The van der Waals surface area contributed by atoms with Crippen molar-refractivity contribution >= 4 is 133 Å². The number of carboxylic acid groups (broad SMARTS) is 4. The Balaban J connectivity index is -0.0000000584. The number of hydrogen-bond acceptors (Lipinski definition) is 10. The summed E-state index contributed by atoms with van der Waals surface area (Å²) in [6.07, 6.45) is 0.0833. The van der Waals surface area contributed by atoms with Crippen molar-refractivity contribution in [1.82, 2.24) is 0 Å². The Kier molecular flexibility index (Phi) is 32.1. The van der Waals surface area contributed by atoms with E-state index in [1.54, 1.807) is 0 Å². The second kappa shape index (κ2) is 20.4. The van der Waals surface area contributed by atoms with Crippen LogP contribution in [0.4, 0.5) is 0 Å². The van der Waals surface area contributed by atoms with Gasteiger partial charge in [0.2, 0.25) is 0 Å². The van der Waals surface area contributed by atoms with Crippen LogP contribution < -0.4 is 20.4 Å². The monoisotopic (exact) mass is 552 g/mol. The molecule has 0 aliphatic carbocycles. The molecule has 0 radical (unpaired) electrons. The summed E-state index contributed by atoms with van der Waals surface area (Å²) in [7, 11) is 0. The number of carbonyl (C=O) groups excluding carboxylic acids is 6. The van der Waals surface area contributed by atoms with E-state index in [9.17, 15) is 9.59 Å². The summed E-state index contributed by atoms with van der Waals surface area (Å²) in [4.78, 5) is 55.8. The van der Waals surface area contributed by atoms with Crippen LogP contribution in [0.15, 0.2) is 0 Å². The third-order valence-corrected chi connectivity index (χ3v) is 0.831. The van der Waals surface area contributed by atoms with Crippen molar-refractivity contribution in [1.29, 1.82) is 0 Å². The molecule has 0 saturated heterocycles. The van der Waals surface area contributed by atoms with E-state index in [2.05, 4.69) is 0 Å². The quantitative estimate of drug-likeness (QED) is 0.181. The van der Waals surface area contributed by atoms with Gasteiger partial charge in [-0.1, -0.05) is 0 Å². The van der Waals surface area contributed by atoms with E-state index in [-0.39, 0.29) is 116 Å². The smallest absolute Gasteiger partial charge is 0.543 e. The van der Waals surface area contributed by atoms with Crippen LogP contribution in [0.2, 0.25) is 0 Å². The molecule has 0 bridgehead atoms. The van der Waals surface area contributed by atoms with Crippen LogP contribution in [0.25, 0.3) is 0 Å². The molecule has 0 aromatic heterocycles. The summed E-state index contributed by atoms with van der Waals surface area (Å²) < 4.78 is 0. The summed E-state index contributed by atoms with van der Waals surface area (Å²) in [6.45, 7) is 2.81. The molecule has 0 aromatic carbocycles. The Bertz CT molecular complexity index is 330. The first-order valence-electron chi connectivity index (χ1n) is 4.25. The third kappa shape index (κ3) is 44.9. The fourth-order valence-electron chi connectivity index (χ4n) is 0.351. The van der Waals surface area contributed by atoms with Crippen molar-refractivity contribution in [3.63, 3.8) is 0 Å². The minimum atomic E-state index is -2.19. The molecular weight excluding hydrogens is 543 g/mol. The molecule has 0 aliphatic rings. The molecule has 0 atom stereocenters. The largest absolute Gasteiger partial charge is 2.00 e. The Morgan fingerprint density at radius 2 is 0.714 bits per heavy atom. The molecule has 0 unspecified atom stereocenters. The van der Waals surface area contributed by atoms with Gasteiger partial charge in [0, 0.05) is 0 Å². The number of hydrogen-bond donors (Lipinski definition) is 0. The maximum Gasteiger partial charge on any atom is 2.00 e. The first-order valence-corrected chi connectivity index (χ1v) is 4.25. The number of carboxylic acids is 4. The molecule has 0 spiro atoms. The molecule has 21 heavy (non-hydrogen) atoms. The van der Waals surface area contributed by atoms with Crippen LogP contribution in [0.5, 0.6) is 0 Å².